The number of aryl methyl sites for hydroxylation is 1. The first kappa shape index (κ1) is 12.4. The zero-order chi connectivity index (χ0) is 12.3. The lowest BCUT2D eigenvalue weighted by molar-refractivity contribution is 0.122. The zero-order valence-electron chi connectivity index (χ0n) is 10.8. The van der Waals surface area contributed by atoms with E-state index < -0.39 is 0 Å². The molecule has 0 radical (unpaired) electrons. The molecule has 1 aliphatic carbocycles. The summed E-state index contributed by atoms with van der Waals surface area (Å²) in [6.45, 7) is 4.83. The van der Waals surface area contributed by atoms with Gasteiger partial charge in [-0.1, -0.05) is 12.1 Å². The minimum atomic E-state index is -0.0740. The molecule has 2 heteroatoms. The van der Waals surface area contributed by atoms with Gasteiger partial charge >= 0.3 is 0 Å². The fraction of sp³-hybridized carbons (Fsp3) is 0.600. The van der Waals surface area contributed by atoms with Crippen LogP contribution in [0.15, 0.2) is 18.2 Å². The van der Waals surface area contributed by atoms with E-state index in [1.54, 1.807) is 0 Å². The molecule has 0 aromatic heterocycles. The van der Waals surface area contributed by atoms with Crippen LogP contribution in [0.3, 0.4) is 0 Å². The summed E-state index contributed by atoms with van der Waals surface area (Å²) in [5.41, 5.74) is 2.62. The standard InChI is InChI=1S/C15H22O2/c1-3-17-15-9-6-13(10-11(15)2)12-4-7-14(16)8-5-12/h6,9-10,12,14,16H,3-5,7-8H2,1-2H3. The molecular weight excluding hydrogens is 212 g/mol. The first-order chi connectivity index (χ1) is 8.20. The Morgan fingerprint density at radius 2 is 1.94 bits per heavy atom. The minimum Gasteiger partial charge on any atom is -0.494 e. The van der Waals surface area contributed by atoms with Crippen LogP contribution in [0.1, 0.15) is 49.7 Å². The molecule has 0 amide bonds. The van der Waals surface area contributed by atoms with E-state index in [2.05, 4.69) is 25.1 Å². The van der Waals surface area contributed by atoms with Crippen LogP contribution in [0.2, 0.25) is 0 Å². The van der Waals surface area contributed by atoms with Gasteiger partial charge in [0.15, 0.2) is 0 Å². The van der Waals surface area contributed by atoms with Gasteiger partial charge in [-0.05, 0) is 62.6 Å². The molecule has 0 unspecified atom stereocenters. The fourth-order valence-electron chi connectivity index (χ4n) is 2.65. The number of ether oxygens (including phenoxy) is 1. The third kappa shape index (κ3) is 3.01. The van der Waals surface area contributed by atoms with E-state index in [-0.39, 0.29) is 6.10 Å². The predicted octanol–water partition coefficient (Wildman–Crippen LogP) is 3.41. The summed E-state index contributed by atoms with van der Waals surface area (Å²) in [6, 6.07) is 6.51. The highest BCUT2D eigenvalue weighted by Gasteiger charge is 2.21. The second-order valence-corrected chi connectivity index (χ2v) is 4.96. The third-order valence-corrected chi connectivity index (χ3v) is 3.67. The van der Waals surface area contributed by atoms with Crippen molar-refractivity contribution in [1.29, 1.82) is 0 Å². The Morgan fingerprint density at radius 1 is 1.24 bits per heavy atom. The summed E-state index contributed by atoms with van der Waals surface area (Å²) in [5.74, 6) is 1.61. The summed E-state index contributed by atoms with van der Waals surface area (Å²) in [6.07, 6.45) is 4.02. The lowest BCUT2D eigenvalue weighted by atomic mass is 9.82. The van der Waals surface area contributed by atoms with Crippen LogP contribution in [0.5, 0.6) is 5.75 Å². The first-order valence-corrected chi connectivity index (χ1v) is 6.62. The molecule has 0 atom stereocenters. The normalized spacial score (nSPS) is 24.6. The topological polar surface area (TPSA) is 29.5 Å². The average Bonchev–Trinajstić information content (AvgIpc) is 2.33. The summed E-state index contributed by atoms with van der Waals surface area (Å²) in [5, 5.41) is 9.52. The average molecular weight is 234 g/mol. The van der Waals surface area contributed by atoms with Crippen LogP contribution in [0, 0.1) is 6.92 Å². The molecule has 1 fully saturated rings. The summed E-state index contributed by atoms with van der Waals surface area (Å²) < 4.78 is 5.56. The monoisotopic (exact) mass is 234 g/mol. The molecular formula is C15H22O2. The largest absolute Gasteiger partial charge is 0.494 e. The minimum absolute atomic E-state index is 0.0740. The molecule has 0 spiro atoms. The maximum atomic E-state index is 9.52. The smallest absolute Gasteiger partial charge is 0.122 e. The van der Waals surface area contributed by atoms with E-state index in [1.807, 2.05) is 6.92 Å². The van der Waals surface area contributed by atoms with Crippen LogP contribution in [-0.4, -0.2) is 17.8 Å². The van der Waals surface area contributed by atoms with Crippen molar-refractivity contribution in [3.05, 3.63) is 29.3 Å². The van der Waals surface area contributed by atoms with Crippen LogP contribution < -0.4 is 4.74 Å². The SMILES string of the molecule is CCOc1ccc(C2CCC(O)CC2)cc1C. The maximum Gasteiger partial charge on any atom is 0.122 e. The number of aliphatic hydroxyl groups excluding tert-OH is 1. The highest BCUT2D eigenvalue weighted by atomic mass is 16.5. The molecule has 0 bridgehead atoms. The molecule has 17 heavy (non-hydrogen) atoms. The molecule has 1 aromatic rings. The van der Waals surface area contributed by atoms with Gasteiger partial charge in [-0.3, -0.25) is 0 Å². The number of benzene rings is 1. The molecule has 94 valence electrons. The Morgan fingerprint density at radius 3 is 2.53 bits per heavy atom. The number of aliphatic hydroxyl groups is 1. The highest BCUT2D eigenvalue weighted by Crippen LogP contribution is 2.34. The summed E-state index contributed by atoms with van der Waals surface area (Å²) >= 11 is 0. The Kier molecular flexibility index (Phi) is 4.06. The van der Waals surface area contributed by atoms with Gasteiger partial charge in [0, 0.05) is 0 Å². The van der Waals surface area contributed by atoms with Crippen LogP contribution in [-0.2, 0) is 0 Å². The zero-order valence-corrected chi connectivity index (χ0v) is 10.8. The van der Waals surface area contributed by atoms with Gasteiger partial charge in [0.2, 0.25) is 0 Å². The highest BCUT2D eigenvalue weighted by molar-refractivity contribution is 5.37. The molecule has 1 aromatic carbocycles. The van der Waals surface area contributed by atoms with Gasteiger partial charge in [0.1, 0.15) is 5.75 Å². The van der Waals surface area contributed by atoms with Crippen molar-refractivity contribution in [1.82, 2.24) is 0 Å². The molecule has 1 N–H and O–H groups in total. The van der Waals surface area contributed by atoms with Crippen molar-refractivity contribution in [2.75, 3.05) is 6.61 Å². The Bertz CT molecular complexity index is 365. The van der Waals surface area contributed by atoms with E-state index in [1.165, 1.54) is 11.1 Å². The van der Waals surface area contributed by atoms with Crippen LogP contribution in [0.25, 0.3) is 0 Å². The summed E-state index contributed by atoms with van der Waals surface area (Å²) in [4.78, 5) is 0. The summed E-state index contributed by atoms with van der Waals surface area (Å²) in [7, 11) is 0. The lowest BCUT2D eigenvalue weighted by Gasteiger charge is -2.26. The second-order valence-electron chi connectivity index (χ2n) is 4.96. The number of rotatable bonds is 3. The first-order valence-electron chi connectivity index (χ1n) is 6.62. The number of hydrogen-bond donors (Lipinski definition) is 1. The van der Waals surface area contributed by atoms with Gasteiger partial charge in [0.25, 0.3) is 0 Å². The van der Waals surface area contributed by atoms with Gasteiger partial charge in [-0.2, -0.15) is 0 Å². The Labute approximate surface area is 104 Å². The van der Waals surface area contributed by atoms with Gasteiger partial charge < -0.3 is 9.84 Å². The molecule has 1 saturated carbocycles. The third-order valence-electron chi connectivity index (χ3n) is 3.67. The van der Waals surface area contributed by atoms with Crippen molar-refractivity contribution in [2.45, 2.75) is 51.6 Å². The van der Waals surface area contributed by atoms with Gasteiger partial charge in [-0.25, -0.2) is 0 Å². The Hall–Kier alpha value is -1.02. The van der Waals surface area contributed by atoms with Crippen molar-refractivity contribution in [2.24, 2.45) is 0 Å². The molecule has 2 nitrogen and oxygen atoms in total. The molecule has 0 saturated heterocycles. The van der Waals surface area contributed by atoms with E-state index >= 15 is 0 Å². The maximum absolute atomic E-state index is 9.52. The molecule has 1 aliphatic rings. The van der Waals surface area contributed by atoms with E-state index in [9.17, 15) is 5.11 Å². The van der Waals surface area contributed by atoms with E-state index in [0.29, 0.717) is 5.92 Å². The van der Waals surface area contributed by atoms with Gasteiger partial charge in [-0.15, -0.1) is 0 Å². The lowest BCUT2D eigenvalue weighted by Crippen LogP contribution is -2.17. The fourth-order valence-corrected chi connectivity index (χ4v) is 2.65. The molecule has 0 heterocycles. The van der Waals surface area contributed by atoms with Crippen LogP contribution in [0.4, 0.5) is 0 Å². The Balaban J connectivity index is 2.09. The molecule has 0 aliphatic heterocycles. The molecule has 2 rings (SSSR count). The quantitative estimate of drug-likeness (QED) is 0.868. The van der Waals surface area contributed by atoms with Gasteiger partial charge in [0.05, 0.1) is 12.7 Å². The number of hydrogen-bond acceptors (Lipinski definition) is 2. The van der Waals surface area contributed by atoms with E-state index in [4.69, 9.17) is 4.74 Å². The second kappa shape index (κ2) is 5.54. The van der Waals surface area contributed by atoms with Crippen LogP contribution >= 0.6 is 0 Å². The van der Waals surface area contributed by atoms with Crippen molar-refractivity contribution < 1.29 is 9.84 Å². The van der Waals surface area contributed by atoms with Crippen molar-refractivity contribution in [3.8, 4) is 5.75 Å². The van der Waals surface area contributed by atoms with Crippen molar-refractivity contribution in [3.63, 3.8) is 0 Å². The van der Waals surface area contributed by atoms with Crippen molar-refractivity contribution >= 4 is 0 Å². The van der Waals surface area contributed by atoms with E-state index in [0.717, 1.165) is 38.0 Å². The predicted molar refractivity (Wildman–Crippen MR) is 69.6 cm³/mol.